The van der Waals surface area contributed by atoms with Crippen molar-refractivity contribution >= 4 is 11.8 Å². The Hall–Kier alpha value is -1.14. The van der Waals surface area contributed by atoms with Gasteiger partial charge in [0.15, 0.2) is 0 Å². The van der Waals surface area contributed by atoms with E-state index >= 15 is 0 Å². The zero-order valence-electron chi connectivity index (χ0n) is 8.44. The van der Waals surface area contributed by atoms with E-state index < -0.39 is 0 Å². The normalized spacial score (nSPS) is 25.0. The second-order valence-electron chi connectivity index (χ2n) is 3.90. The minimum absolute atomic E-state index is 0.256. The second kappa shape index (κ2) is 4.16. The van der Waals surface area contributed by atoms with Crippen LogP contribution in [0.3, 0.4) is 0 Å². The molecule has 2 nitrogen and oxygen atoms in total. The van der Waals surface area contributed by atoms with Gasteiger partial charge in [0.2, 0.25) is 0 Å². The molecule has 0 aliphatic carbocycles. The first-order chi connectivity index (χ1) is 7.24. The lowest BCUT2D eigenvalue weighted by Gasteiger charge is -2.19. The van der Waals surface area contributed by atoms with Crippen molar-refractivity contribution in [3.05, 3.63) is 29.8 Å². The third kappa shape index (κ3) is 2.27. The minimum atomic E-state index is -0.256. The Morgan fingerprint density at radius 1 is 1.53 bits per heavy atom. The summed E-state index contributed by atoms with van der Waals surface area (Å²) in [5.74, 6) is 1.36. The summed E-state index contributed by atoms with van der Waals surface area (Å²) in [5.41, 5.74) is 1.05. The van der Waals surface area contributed by atoms with E-state index in [1.165, 1.54) is 0 Å². The van der Waals surface area contributed by atoms with Crippen LogP contribution in [0.1, 0.15) is 18.4 Å². The molecule has 1 fully saturated rings. The van der Waals surface area contributed by atoms with Crippen molar-refractivity contribution in [3.63, 3.8) is 0 Å². The number of benzene rings is 1. The predicted octanol–water partition coefficient (Wildman–Crippen LogP) is 2.72. The lowest BCUT2D eigenvalue weighted by molar-refractivity contribution is 0.474. The van der Waals surface area contributed by atoms with Crippen molar-refractivity contribution in [2.45, 2.75) is 24.0 Å². The average molecular weight is 219 g/mol. The van der Waals surface area contributed by atoms with Crippen LogP contribution >= 0.6 is 11.8 Å². The Kier molecular flexibility index (Phi) is 2.88. The fraction of sp³-hybridized carbons (Fsp3) is 0.417. The molecule has 1 unspecified atom stereocenters. The molecule has 15 heavy (non-hydrogen) atoms. The van der Waals surface area contributed by atoms with Gasteiger partial charge in [-0.05, 0) is 36.3 Å². The molecule has 0 bridgehead atoms. The molecule has 1 N–H and O–H groups in total. The molecule has 0 spiro atoms. The summed E-state index contributed by atoms with van der Waals surface area (Å²) >= 11 is 1.75. The monoisotopic (exact) mass is 219 g/mol. The lowest BCUT2D eigenvalue weighted by Crippen LogP contribution is -2.21. The molecule has 1 aliphatic heterocycles. The predicted molar refractivity (Wildman–Crippen MR) is 61.8 cm³/mol. The van der Waals surface area contributed by atoms with Crippen LogP contribution in [0, 0.1) is 11.3 Å². The third-order valence-corrected chi connectivity index (χ3v) is 4.19. The van der Waals surface area contributed by atoms with Gasteiger partial charge in [-0.25, -0.2) is 0 Å². The summed E-state index contributed by atoms with van der Waals surface area (Å²) in [6.45, 7) is 0. The molecule has 0 amide bonds. The van der Waals surface area contributed by atoms with Gasteiger partial charge in [0.05, 0.1) is 6.07 Å². The minimum Gasteiger partial charge on any atom is -0.508 e. The number of aromatic hydroxyl groups is 1. The van der Waals surface area contributed by atoms with Crippen molar-refractivity contribution in [3.8, 4) is 11.8 Å². The van der Waals surface area contributed by atoms with Crippen LogP contribution in [-0.4, -0.2) is 15.6 Å². The zero-order valence-corrected chi connectivity index (χ0v) is 9.26. The molecule has 1 heterocycles. The van der Waals surface area contributed by atoms with Crippen molar-refractivity contribution < 1.29 is 5.11 Å². The van der Waals surface area contributed by atoms with E-state index in [0.29, 0.717) is 0 Å². The van der Waals surface area contributed by atoms with E-state index in [1.807, 2.05) is 12.1 Å². The van der Waals surface area contributed by atoms with Crippen molar-refractivity contribution in [2.24, 2.45) is 0 Å². The van der Waals surface area contributed by atoms with Crippen LogP contribution in [0.5, 0.6) is 5.75 Å². The number of hydrogen-bond acceptors (Lipinski definition) is 3. The van der Waals surface area contributed by atoms with Crippen LogP contribution in [-0.2, 0) is 6.42 Å². The summed E-state index contributed by atoms with van der Waals surface area (Å²) in [7, 11) is 0. The number of nitrogens with zero attached hydrogens (tertiary/aromatic N) is 1. The van der Waals surface area contributed by atoms with Crippen LogP contribution in [0.15, 0.2) is 24.3 Å². The van der Waals surface area contributed by atoms with Crippen LogP contribution in [0.25, 0.3) is 0 Å². The highest BCUT2D eigenvalue weighted by molar-refractivity contribution is 8.01. The van der Waals surface area contributed by atoms with Crippen molar-refractivity contribution in [2.75, 3.05) is 5.75 Å². The molecule has 0 radical (unpaired) electrons. The molecule has 2 rings (SSSR count). The summed E-state index contributed by atoms with van der Waals surface area (Å²) in [5, 5.41) is 18.6. The van der Waals surface area contributed by atoms with E-state index in [0.717, 1.165) is 30.6 Å². The fourth-order valence-electron chi connectivity index (χ4n) is 1.96. The summed E-state index contributed by atoms with van der Waals surface area (Å²) in [4.78, 5) is 0. The largest absolute Gasteiger partial charge is 0.508 e. The molecule has 0 saturated carbocycles. The topological polar surface area (TPSA) is 44.0 Å². The van der Waals surface area contributed by atoms with Gasteiger partial charge < -0.3 is 5.11 Å². The van der Waals surface area contributed by atoms with Gasteiger partial charge >= 0.3 is 0 Å². The van der Waals surface area contributed by atoms with E-state index in [1.54, 1.807) is 23.9 Å². The Morgan fingerprint density at radius 2 is 2.40 bits per heavy atom. The first-order valence-corrected chi connectivity index (χ1v) is 6.06. The van der Waals surface area contributed by atoms with Gasteiger partial charge in [-0.1, -0.05) is 12.1 Å². The van der Waals surface area contributed by atoms with Crippen LogP contribution < -0.4 is 0 Å². The Labute approximate surface area is 93.9 Å². The molecule has 1 aliphatic rings. The van der Waals surface area contributed by atoms with Crippen LogP contribution in [0.4, 0.5) is 0 Å². The standard InChI is InChI=1S/C12H13NOS/c13-9-12(5-2-6-15-12)8-10-3-1-4-11(14)7-10/h1,3-4,7,14H,2,5-6,8H2. The van der Waals surface area contributed by atoms with Gasteiger partial charge in [0, 0.05) is 6.42 Å². The van der Waals surface area contributed by atoms with Gasteiger partial charge in [-0.15, -0.1) is 11.8 Å². The number of hydrogen-bond donors (Lipinski definition) is 1. The van der Waals surface area contributed by atoms with Crippen LogP contribution in [0.2, 0.25) is 0 Å². The Balaban J connectivity index is 2.17. The number of phenols is 1. The lowest BCUT2D eigenvalue weighted by atomic mass is 9.96. The summed E-state index contributed by atoms with van der Waals surface area (Å²) in [6.07, 6.45) is 2.82. The second-order valence-corrected chi connectivity index (χ2v) is 5.38. The highest BCUT2D eigenvalue weighted by Gasteiger charge is 2.34. The first kappa shape index (κ1) is 10.4. The molecule has 1 aromatic rings. The fourth-order valence-corrected chi connectivity index (χ4v) is 3.26. The molecular weight excluding hydrogens is 206 g/mol. The Morgan fingerprint density at radius 3 is 3.00 bits per heavy atom. The van der Waals surface area contributed by atoms with Gasteiger partial charge in [0.25, 0.3) is 0 Å². The summed E-state index contributed by atoms with van der Waals surface area (Å²) in [6, 6.07) is 9.63. The number of phenolic OH excluding ortho intramolecular Hbond substituents is 1. The smallest absolute Gasteiger partial charge is 0.115 e. The molecular formula is C12H13NOS. The van der Waals surface area contributed by atoms with E-state index in [9.17, 15) is 10.4 Å². The van der Waals surface area contributed by atoms with E-state index in [2.05, 4.69) is 6.07 Å². The third-order valence-electron chi connectivity index (χ3n) is 2.71. The van der Waals surface area contributed by atoms with E-state index in [4.69, 9.17) is 0 Å². The quantitative estimate of drug-likeness (QED) is 0.831. The maximum absolute atomic E-state index is 9.35. The van der Waals surface area contributed by atoms with Gasteiger partial charge in [-0.3, -0.25) is 0 Å². The molecule has 1 aromatic carbocycles. The number of nitriles is 1. The number of rotatable bonds is 2. The first-order valence-electron chi connectivity index (χ1n) is 5.07. The number of thioether (sulfide) groups is 1. The van der Waals surface area contributed by atoms with Gasteiger partial charge in [-0.2, -0.15) is 5.26 Å². The molecule has 0 aromatic heterocycles. The maximum atomic E-state index is 9.35. The maximum Gasteiger partial charge on any atom is 0.115 e. The highest BCUT2D eigenvalue weighted by Crippen LogP contribution is 2.40. The summed E-state index contributed by atoms with van der Waals surface area (Å²) < 4.78 is -0.256. The molecule has 3 heteroatoms. The average Bonchev–Trinajstić information content (AvgIpc) is 2.67. The van der Waals surface area contributed by atoms with Crippen molar-refractivity contribution in [1.82, 2.24) is 0 Å². The SMILES string of the molecule is N#CC1(Cc2cccc(O)c2)CCCS1. The Bertz CT molecular complexity index is 391. The molecule has 78 valence electrons. The van der Waals surface area contributed by atoms with E-state index in [-0.39, 0.29) is 10.5 Å². The zero-order chi connectivity index (χ0) is 10.7. The molecule has 1 atom stereocenters. The highest BCUT2D eigenvalue weighted by atomic mass is 32.2. The van der Waals surface area contributed by atoms with Gasteiger partial charge in [0.1, 0.15) is 10.5 Å². The molecule has 1 saturated heterocycles. The van der Waals surface area contributed by atoms with Crippen molar-refractivity contribution in [1.29, 1.82) is 5.26 Å².